The Morgan fingerprint density at radius 2 is 1.79 bits per heavy atom. The van der Waals surface area contributed by atoms with E-state index in [0.717, 1.165) is 22.2 Å². The summed E-state index contributed by atoms with van der Waals surface area (Å²) in [5.74, 6) is 1.09. The van der Waals surface area contributed by atoms with Crippen molar-refractivity contribution in [2.24, 2.45) is 0 Å². The lowest BCUT2D eigenvalue weighted by atomic mass is 9.78. The number of nitrogens with zero attached hydrogens (tertiary/aromatic N) is 4. The number of aromatic nitrogens is 4. The minimum absolute atomic E-state index is 0.429. The van der Waals surface area contributed by atoms with Crippen molar-refractivity contribution < 1.29 is 10.0 Å². The highest BCUT2D eigenvalue weighted by Gasteiger charge is 2.19. The molecule has 0 aliphatic heterocycles. The molecule has 0 atom stereocenters. The highest BCUT2D eigenvalue weighted by atomic mass is 16.4. The summed E-state index contributed by atoms with van der Waals surface area (Å²) in [6.45, 7) is 4.41. The van der Waals surface area contributed by atoms with Crippen molar-refractivity contribution in [1.82, 2.24) is 19.7 Å². The van der Waals surface area contributed by atoms with Crippen LogP contribution in [0.4, 0.5) is 5.82 Å². The Hall–Kier alpha value is -3.23. The van der Waals surface area contributed by atoms with Crippen LogP contribution in [0.3, 0.4) is 0 Å². The molecule has 0 unspecified atom stereocenters. The van der Waals surface area contributed by atoms with Gasteiger partial charge < -0.3 is 15.4 Å². The van der Waals surface area contributed by atoms with Crippen molar-refractivity contribution in [3.05, 3.63) is 71.5 Å². The lowest BCUT2D eigenvalue weighted by Gasteiger charge is -2.11. The van der Waals surface area contributed by atoms with Crippen LogP contribution < -0.4 is 10.8 Å². The predicted molar refractivity (Wildman–Crippen MR) is 110 cm³/mol. The third-order valence-corrected chi connectivity index (χ3v) is 4.69. The molecular formula is C20H20BN5O2. The van der Waals surface area contributed by atoms with Crippen molar-refractivity contribution in [2.75, 3.05) is 5.32 Å². The summed E-state index contributed by atoms with van der Waals surface area (Å²) in [6.07, 6.45) is 0. The normalized spacial score (nSPS) is 11.0. The van der Waals surface area contributed by atoms with Crippen LogP contribution in [0.25, 0.3) is 16.9 Å². The second kappa shape index (κ2) is 7.42. The summed E-state index contributed by atoms with van der Waals surface area (Å²) in [6, 6.07) is 17.3. The number of benzene rings is 2. The van der Waals surface area contributed by atoms with Gasteiger partial charge in [-0.3, -0.25) is 4.57 Å². The topological polar surface area (TPSA) is 96.1 Å². The van der Waals surface area contributed by atoms with E-state index < -0.39 is 7.12 Å². The molecule has 3 N–H and O–H groups in total. The lowest BCUT2D eigenvalue weighted by molar-refractivity contribution is 0.426. The molecule has 0 aliphatic carbocycles. The molecule has 0 radical (unpaired) electrons. The molecule has 4 aromatic rings. The van der Waals surface area contributed by atoms with Gasteiger partial charge in [-0.15, -0.1) is 10.2 Å². The van der Waals surface area contributed by atoms with Gasteiger partial charge in [-0.05, 0) is 37.0 Å². The number of rotatable bonds is 5. The van der Waals surface area contributed by atoms with Crippen LogP contribution in [0, 0.1) is 13.8 Å². The second-order valence-corrected chi connectivity index (χ2v) is 6.66. The minimum Gasteiger partial charge on any atom is -0.423 e. The highest BCUT2D eigenvalue weighted by molar-refractivity contribution is 6.61. The van der Waals surface area contributed by atoms with E-state index in [4.69, 9.17) is 0 Å². The maximum Gasteiger partial charge on any atom is 0.489 e. The first-order valence-corrected chi connectivity index (χ1v) is 9.01. The summed E-state index contributed by atoms with van der Waals surface area (Å²) >= 11 is 0. The van der Waals surface area contributed by atoms with E-state index in [0.29, 0.717) is 29.5 Å². The van der Waals surface area contributed by atoms with E-state index >= 15 is 0 Å². The molecule has 140 valence electrons. The zero-order valence-electron chi connectivity index (χ0n) is 15.7. The van der Waals surface area contributed by atoms with Gasteiger partial charge in [0.15, 0.2) is 5.82 Å². The van der Waals surface area contributed by atoms with E-state index in [1.165, 1.54) is 0 Å². The van der Waals surface area contributed by atoms with Crippen LogP contribution in [0.1, 0.15) is 17.0 Å². The van der Waals surface area contributed by atoms with Gasteiger partial charge in [0.25, 0.3) is 5.95 Å². The maximum absolute atomic E-state index is 9.64. The van der Waals surface area contributed by atoms with Gasteiger partial charge in [-0.1, -0.05) is 42.5 Å². The molecule has 2 aromatic carbocycles. The standard InChI is InChI=1S/C20H20BN5O2/c1-13-11-16-17(21(27)28)9-6-10-18(16)26(13)20-23-19(14(2)24-25-20)22-12-15-7-4-3-5-8-15/h3-11,27-28H,12H2,1-2H3,(H,22,23,25). The largest absolute Gasteiger partial charge is 0.489 e. The fourth-order valence-corrected chi connectivity index (χ4v) is 3.29. The SMILES string of the molecule is Cc1nnc(-n2c(C)cc3c(B(O)O)cccc32)nc1NCc1ccccc1. The number of anilines is 1. The molecule has 7 nitrogen and oxygen atoms in total. The van der Waals surface area contributed by atoms with Crippen molar-refractivity contribution in [3.8, 4) is 5.95 Å². The first-order chi connectivity index (χ1) is 13.5. The quantitative estimate of drug-likeness (QED) is 0.461. The van der Waals surface area contributed by atoms with Gasteiger partial charge >= 0.3 is 7.12 Å². The molecular weight excluding hydrogens is 353 g/mol. The Kier molecular flexibility index (Phi) is 4.81. The van der Waals surface area contributed by atoms with Gasteiger partial charge in [0.05, 0.1) is 5.52 Å². The predicted octanol–water partition coefficient (Wildman–Crippen LogP) is 1.72. The van der Waals surface area contributed by atoms with Gasteiger partial charge in [0, 0.05) is 17.6 Å². The highest BCUT2D eigenvalue weighted by Crippen LogP contribution is 2.22. The summed E-state index contributed by atoms with van der Waals surface area (Å²) in [5, 5.41) is 31.9. The summed E-state index contributed by atoms with van der Waals surface area (Å²) in [4.78, 5) is 4.67. The van der Waals surface area contributed by atoms with Crippen LogP contribution in [0.5, 0.6) is 0 Å². The molecule has 0 spiro atoms. The average molecular weight is 373 g/mol. The van der Waals surface area contributed by atoms with E-state index in [-0.39, 0.29) is 0 Å². The maximum atomic E-state index is 9.64. The monoisotopic (exact) mass is 373 g/mol. The Morgan fingerprint density at radius 1 is 1.00 bits per heavy atom. The smallest absolute Gasteiger partial charge is 0.423 e. The molecule has 0 aliphatic rings. The third-order valence-electron chi connectivity index (χ3n) is 4.69. The Morgan fingerprint density at radius 3 is 2.54 bits per heavy atom. The van der Waals surface area contributed by atoms with Gasteiger partial charge in [-0.25, -0.2) is 0 Å². The molecule has 4 rings (SSSR count). The van der Waals surface area contributed by atoms with E-state index in [2.05, 4.69) is 20.5 Å². The molecule has 0 saturated carbocycles. The number of hydrogen-bond acceptors (Lipinski definition) is 6. The second-order valence-electron chi connectivity index (χ2n) is 6.66. The summed E-state index contributed by atoms with van der Waals surface area (Å²) < 4.78 is 1.86. The molecule has 2 aromatic heterocycles. The molecule has 0 fully saturated rings. The van der Waals surface area contributed by atoms with E-state index in [9.17, 15) is 10.0 Å². The van der Waals surface area contributed by atoms with E-state index in [1.54, 1.807) is 12.1 Å². The van der Waals surface area contributed by atoms with Crippen LogP contribution >= 0.6 is 0 Å². The molecule has 0 saturated heterocycles. The van der Waals surface area contributed by atoms with Gasteiger partial charge in [-0.2, -0.15) is 4.98 Å². The van der Waals surface area contributed by atoms with Crippen LogP contribution in [-0.4, -0.2) is 36.9 Å². The van der Waals surface area contributed by atoms with E-state index in [1.807, 2.05) is 60.9 Å². The first-order valence-electron chi connectivity index (χ1n) is 9.01. The fraction of sp³-hybridized carbons (Fsp3) is 0.150. The van der Waals surface area contributed by atoms with Crippen LogP contribution in [-0.2, 0) is 6.54 Å². The summed E-state index contributed by atoms with van der Waals surface area (Å²) in [7, 11) is -1.54. The number of nitrogens with one attached hydrogen (secondary N) is 1. The minimum atomic E-state index is -1.54. The molecule has 28 heavy (non-hydrogen) atoms. The van der Waals surface area contributed by atoms with Crippen molar-refractivity contribution in [3.63, 3.8) is 0 Å². The fourth-order valence-electron chi connectivity index (χ4n) is 3.29. The molecule has 0 bridgehead atoms. The van der Waals surface area contributed by atoms with Crippen LogP contribution in [0.15, 0.2) is 54.6 Å². The lowest BCUT2D eigenvalue weighted by Crippen LogP contribution is -2.30. The number of fused-ring (bicyclic) bond motifs is 1. The summed E-state index contributed by atoms with van der Waals surface area (Å²) in [5.41, 5.74) is 3.97. The molecule has 0 amide bonds. The Labute approximate surface area is 162 Å². The Bertz CT molecular complexity index is 1130. The molecule has 8 heteroatoms. The van der Waals surface area contributed by atoms with Crippen molar-refractivity contribution in [2.45, 2.75) is 20.4 Å². The number of aryl methyl sites for hydroxylation is 2. The van der Waals surface area contributed by atoms with Gasteiger partial charge in [0.1, 0.15) is 5.69 Å². The first kappa shape index (κ1) is 18.2. The zero-order valence-corrected chi connectivity index (χ0v) is 15.7. The van der Waals surface area contributed by atoms with Crippen molar-refractivity contribution in [1.29, 1.82) is 0 Å². The number of hydrogen-bond donors (Lipinski definition) is 3. The average Bonchev–Trinajstić information content (AvgIpc) is 3.04. The van der Waals surface area contributed by atoms with Gasteiger partial charge in [0.2, 0.25) is 0 Å². The van der Waals surface area contributed by atoms with Crippen LogP contribution in [0.2, 0.25) is 0 Å². The Balaban J connectivity index is 1.74. The molecule has 2 heterocycles. The zero-order chi connectivity index (χ0) is 19.7. The van der Waals surface area contributed by atoms with Crippen molar-refractivity contribution >= 4 is 29.3 Å². The third kappa shape index (κ3) is 3.35.